The van der Waals surface area contributed by atoms with Gasteiger partial charge in [0, 0.05) is 25.7 Å². The van der Waals surface area contributed by atoms with Crippen molar-refractivity contribution in [2.24, 2.45) is 5.73 Å². The molecule has 78 valence electrons. The van der Waals surface area contributed by atoms with Crippen LogP contribution in [0.3, 0.4) is 0 Å². The van der Waals surface area contributed by atoms with E-state index in [0.717, 1.165) is 32.5 Å². The Bertz CT molecular complexity index is 159. The molecular weight excluding hydrogens is 164 g/mol. The largest absolute Gasteiger partial charge is 0.375 e. The van der Waals surface area contributed by atoms with Gasteiger partial charge in [-0.1, -0.05) is 0 Å². The molecule has 0 spiro atoms. The van der Waals surface area contributed by atoms with E-state index >= 15 is 0 Å². The summed E-state index contributed by atoms with van der Waals surface area (Å²) in [6.45, 7) is 6.94. The van der Waals surface area contributed by atoms with E-state index in [-0.39, 0.29) is 5.60 Å². The van der Waals surface area contributed by atoms with Crippen molar-refractivity contribution in [1.82, 2.24) is 4.90 Å². The summed E-state index contributed by atoms with van der Waals surface area (Å²) in [7, 11) is 2.15. The highest BCUT2D eigenvalue weighted by atomic mass is 16.5. The maximum atomic E-state index is 5.67. The zero-order valence-electron chi connectivity index (χ0n) is 9.05. The van der Waals surface area contributed by atoms with E-state index in [1.165, 1.54) is 0 Å². The molecule has 0 bridgehead atoms. The summed E-state index contributed by atoms with van der Waals surface area (Å²) < 4.78 is 5.67. The Labute approximate surface area is 81.2 Å². The zero-order valence-corrected chi connectivity index (χ0v) is 9.05. The van der Waals surface area contributed by atoms with Crippen LogP contribution in [0, 0.1) is 0 Å². The predicted molar refractivity (Wildman–Crippen MR) is 54.7 cm³/mol. The SMILES string of the molecule is CN(CCN)C1CCOC(C)(C)C1. The molecule has 1 aliphatic heterocycles. The minimum atomic E-state index is 0.0474. The molecule has 1 fully saturated rings. The molecule has 13 heavy (non-hydrogen) atoms. The topological polar surface area (TPSA) is 38.5 Å². The molecule has 0 amide bonds. The van der Waals surface area contributed by atoms with Crippen LogP contribution in [-0.2, 0) is 4.74 Å². The molecule has 0 radical (unpaired) electrons. The highest BCUT2D eigenvalue weighted by molar-refractivity contribution is 4.83. The van der Waals surface area contributed by atoms with Gasteiger partial charge < -0.3 is 15.4 Å². The first-order chi connectivity index (χ1) is 6.05. The Morgan fingerprint density at radius 3 is 2.77 bits per heavy atom. The van der Waals surface area contributed by atoms with E-state index in [9.17, 15) is 0 Å². The average Bonchev–Trinajstić information content (AvgIpc) is 2.03. The predicted octanol–water partition coefficient (Wildman–Crippen LogP) is 0.834. The fourth-order valence-corrected chi connectivity index (χ4v) is 1.96. The first kappa shape index (κ1) is 11.0. The molecule has 3 nitrogen and oxygen atoms in total. The van der Waals surface area contributed by atoms with Crippen LogP contribution in [0.5, 0.6) is 0 Å². The monoisotopic (exact) mass is 186 g/mol. The van der Waals surface area contributed by atoms with Crippen LogP contribution < -0.4 is 5.73 Å². The smallest absolute Gasteiger partial charge is 0.0641 e. The Balaban J connectivity index is 2.42. The van der Waals surface area contributed by atoms with Crippen molar-refractivity contribution in [2.45, 2.75) is 38.3 Å². The van der Waals surface area contributed by atoms with E-state index < -0.39 is 0 Å². The number of nitrogens with two attached hydrogens (primary N) is 1. The van der Waals surface area contributed by atoms with E-state index in [2.05, 4.69) is 25.8 Å². The highest BCUT2D eigenvalue weighted by Gasteiger charge is 2.30. The van der Waals surface area contributed by atoms with Crippen LogP contribution in [0.15, 0.2) is 0 Å². The second-order valence-electron chi connectivity index (χ2n) is 4.52. The van der Waals surface area contributed by atoms with E-state index in [4.69, 9.17) is 10.5 Å². The second-order valence-corrected chi connectivity index (χ2v) is 4.52. The summed E-state index contributed by atoms with van der Waals surface area (Å²) in [5.74, 6) is 0. The molecule has 0 aromatic rings. The van der Waals surface area contributed by atoms with Gasteiger partial charge in [0.15, 0.2) is 0 Å². The third-order valence-electron chi connectivity index (χ3n) is 2.78. The van der Waals surface area contributed by atoms with Crippen molar-refractivity contribution < 1.29 is 4.74 Å². The molecule has 0 aliphatic carbocycles. The van der Waals surface area contributed by atoms with E-state index in [1.54, 1.807) is 0 Å². The summed E-state index contributed by atoms with van der Waals surface area (Å²) >= 11 is 0. The summed E-state index contributed by atoms with van der Waals surface area (Å²) in [4.78, 5) is 2.35. The fourth-order valence-electron chi connectivity index (χ4n) is 1.96. The van der Waals surface area contributed by atoms with Crippen molar-refractivity contribution in [3.05, 3.63) is 0 Å². The van der Waals surface area contributed by atoms with Crippen LogP contribution >= 0.6 is 0 Å². The van der Waals surface area contributed by atoms with Gasteiger partial charge in [-0.2, -0.15) is 0 Å². The molecule has 0 aromatic carbocycles. The van der Waals surface area contributed by atoms with Crippen molar-refractivity contribution in [3.63, 3.8) is 0 Å². The Morgan fingerprint density at radius 2 is 2.23 bits per heavy atom. The third kappa shape index (κ3) is 3.25. The second kappa shape index (κ2) is 4.40. The molecule has 1 rings (SSSR count). The van der Waals surface area contributed by atoms with Crippen molar-refractivity contribution >= 4 is 0 Å². The van der Waals surface area contributed by atoms with Crippen molar-refractivity contribution in [3.8, 4) is 0 Å². The fraction of sp³-hybridized carbons (Fsp3) is 1.00. The highest BCUT2D eigenvalue weighted by Crippen LogP contribution is 2.26. The summed E-state index contributed by atoms with van der Waals surface area (Å²) in [5, 5.41) is 0. The lowest BCUT2D eigenvalue weighted by Gasteiger charge is -2.39. The number of nitrogens with zero attached hydrogens (tertiary/aromatic N) is 1. The van der Waals surface area contributed by atoms with Gasteiger partial charge in [0.2, 0.25) is 0 Å². The quantitative estimate of drug-likeness (QED) is 0.709. The number of likely N-dealkylation sites (N-methyl/N-ethyl adjacent to an activating group) is 1. The van der Waals surface area contributed by atoms with Crippen molar-refractivity contribution in [2.75, 3.05) is 26.7 Å². The summed E-state index contributed by atoms with van der Waals surface area (Å²) in [5.41, 5.74) is 5.58. The lowest BCUT2D eigenvalue weighted by molar-refractivity contribution is -0.0795. The standard InChI is InChI=1S/C10H22N2O/c1-10(2)8-9(4-7-13-10)12(3)6-5-11/h9H,4-8,11H2,1-3H3. The van der Waals surface area contributed by atoms with Crippen LogP contribution in [-0.4, -0.2) is 43.3 Å². The van der Waals surface area contributed by atoms with Gasteiger partial charge >= 0.3 is 0 Å². The van der Waals surface area contributed by atoms with Gasteiger partial charge in [0.1, 0.15) is 0 Å². The van der Waals surface area contributed by atoms with Gasteiger partial charge in [0.25, 0.3) is 0 Å². The first-order valence-electron chi connectivity index (χ1n) is 5.09. The molecule has 1 saturated heterocycles. The molecule has 1 aliphatic rings. The van der Waals surface area contributed by atoms with E-state index in [1.807, 2.05) is 0 Å². The number of rotatable bonds is 3. The van der Waals surface area contributed by atoms with E-state index in [0.29, 0.717) is 6.04 Å². The Morgan fingerprint density at radius 1 is 1.54 bits per heavy atom. The maximum absolute atomic E-state index is 5.67. The summed E-state index contributed by atoms with van der Waals surface area (Å²) in [6, 6.07) is 0.646. The third-order valence-corrected chi connectivity index (χ3v) is 2.78. The van der Waals surface area contributed by atoms with Crippen LogP contribution in [0.1, 0.15) is 26.7 Å². The van der Waals surface area contributed by atoms with Gasteiger partial charge in [-0.25, -0.2) is 0 Å². The molecule has 2 N–H and O–H groups in total. The number of ether oxygens (including phenoxy) is 1. The Hall–Kier alpha value is -0.120. The molecule has 3 heteroatoms. The van der Waals surface area contributed by atoms with Gasteiger partial charge in [0.05, 0.1) is 5.60 Å². The molecular formula is C10H22N2O. The maximum Gasteiger partial charge on any atom is 0.0641 e. The molecule has 1 atom stereocenters. The molecule has 1 unspecified atom stereocenters. The zero-order chi connectivity index (χ0) is 9.90. The Kier molecular flexibility index (Phi) is 3.71. The van der Waals surface area contributed by atoms with Crippen molar-refractivity contribution in [1.29, 1.82) is 0 Å². The number of hydrogen-bond acceptors (Lipinski definition) is 3. The van der Waals surface area contributed by atoms with Crippen LogP contribution in [0.2, 0.25) is 0 Å². The normalized spacial score (nSPS) is 27.9. The lowest BCUT2D eigenvalue weighted by Crippen LogP contribution is -2.45. The lowest BCUT2D eigenvalue weighted by atomic mass is 9.93. The summed E-state index contributed by atoms with van der Waals surface area (Å²) in [6.07, 6.45) is 2.25. The first-order valence-corrected chi connectivity index (χ1v) is 5.09. The average molecular weight is 186 g/mol. The number of hydrogen-bond donors (Lipinski definition) is 1. The van der Waals surface area contributed by atoms with Crippen LogP contribution in [0.25, 0.3) is 0 Å². The van der Waals surface area contributed by atoms with Gasteiger partial charge in [-0.3, -0.25) is 0 Å². The molecule has 1 heterocycles. The molecule has 0 saturated carbocycles. The van der Waals surface area contributed by atoms with Gasteiger partial charge in [-0.05, 0) is 33.7 Å². The van der Waals surface area contributed by atoms with Gasteiger partial charge in [-0.15, -0.1) is 0 Å². The van der Waals surface area contributed by atoms with Crippen LogP contribution in [0.4, 0.5) is 0 Å². The minimum absolute atomic E-state index is 0.0474. The minimum Gasteiger partial charge on any atom is -0.375 e. The molecule has 0 aromatic heterocycles.